The molecule has 0 spiro atoms. The largest absolute Gasteiger partial charge is 0.387 e. The summed E-state index contributed by atoms with van der Waals surface area (Å²) in [4.78, 5) is 4.22. The van der Waals surface area contributed by atoms with Crippen LogP contribution in [0.4, 0.5) is 0 Å². The van der Waals surface area contributed by atoms with Crippen LogP contribution in [0.1, 0.15) is 47.0 Å². The third-order valence-corrected chi connectivity index (χ3v) is 2.41. The highest BCUT2D eigenvalue weighted by Gasteiger charge is 2.03. The normalized spacial score (nSPS) is 16.0. The van der Waals surface area contributed by atoms with Crippen molar-refractivity contribution in [2.24, 2.45) is 16.6 Å². The molecule has 0 aliphatic heterocycles. The SMILES string of the molecule is CCC(N)=N/C=C(/CC)C(C)CC. The molecule has 1 atom stereocenters. The minimum Gasteiger partial charge on any atom is -0.387 e. The number of hydrogen-bond acceptors (Lipinski definition) is 1. The van der Waals surface area contributed by atoms with Crippen LogP contribution < -0.4 is 5.73 Å². The van der Waals surface area contributed by atoms with Crippen molar-refractivity contribution in [2.45, 2.75) is 47.0 Å². The molecular formula is C11H22N2. The van der Waals surface area contributed by atoms with Crippen molar-refractivity contribution in [1.29, 1.82) is 0 Å². The average molecular weight is 182 g/mol. The summed E-state index contributed by atoms with van der Waals surface area (Å²) in [5, 5.41) is 0. The van der Waals surface area contributed by atoms with Crippen LogP contribution in [0.3, 0.4) is 0 Å². The summed E-state index contributed by atoms with van der Waals surface area (Å²) in [5.41, 5.74) is 7.01. The summed E-state index contributed by atoms with van der Waals surface area (Å²) in [6.45, 7) is 8.60. The van der Waals surface area contributed by atoms with E-state index in [2.05, 4.69) is 25.8 Å². The van der Waals surface area contributed by atoms with E-state index in [1.807, 2.05) is 13.1 Å². The molecule has 0 radical (unpaired) electrons. The topological polar surface area (TPSA) is 38.4 Å². The van der Waals surface area contributed by atoms with Crippen LogP contribution in [-0.4, -0.2) is 5.84 Å². The predicted octanol–water partition coefficient (Wildman–Crippen LogP) is 3.09. The lowest BCUT2D eigenvalue weighted by Gasteiger charge is -2.10. The molecule has 0 aliphatic rings. The van der Waals surface area contributed by atoms with Crippen molar-refractivity contribution < 1.29 is 0 Å². The van der Waals surface area contributed by atoms with Crippen LogP contribution in [0.5, 0.6) is 0 Å². The third-order valence-electron chi connectivity index (χ3n) is 2.41. The lowest BCUT2D eigenvalue weighted by atomic mass is 9.97. The van der Waals surface area contributed by atoms with Crippen LogP contribution in [0.25, 0.3) is 0 Å². The summed E-state index contributed by atoms with van der Waals surface area (Å²) in [7, 11) is 0. The van der Waals surface area contributed by atoms with Crippen LogP contribution in [-0.2, 0) is 0 Å². The highest BCUT2D eigenvalue weighted by atomic mass is 14.8. The van der Waals surface area contributed by atoms with Gasteiger partial charge < -0.3 is 5.73 Å². The number of nitrogens with two attached hydrogens (primary N) is 1. The molecule has 0 saturated heterocycles. The Morgan fingerprint density at radius 2 is 1.92 bits per heavy atom. The molecule has 0 heterocycles. The Bertz CT molecular complexity index is 192. The smallest absolute Gasteiger partial charge is 0.0986 e. The zero-order valence-electron chi connectivity index (χ0n) is 9.30. The molecule has 13 heavy (non-hydrogen) atoms. The molecule has 0 saturated carbocycles. The van der Waals surface area contributed by atoms with Crippen molar-refractivity contribution >= 4 is 5.84 Å². The lowest BCUT2D eigenvalue weighted by Crippen LogP contribution is -2.08. The quantitative estimate of drug-likeness (QED) is 0.515. The van der Waals surface area contributed by atoms with Gasteiger partial charge in [0, 0.05) is 12.6 Å². The maximum atomic E-state index is 5.62. The second-order valence-corrected chi connectivity index (χ2v) is 3.34. The van der Waals surface area contributed by atoms with E-state index in [1.165, 1.54) is 12.0 Å². The van der Waals surface area contributed by atoms with Gasteiger partial charge >= 0.3 is 0 Å². The zero-order chi connectivity index (χ0) is 10.3. The molecule has 2 nitrogen and oxygen atoms in total. The van der Waals surface area contributed by atoms with Gasteiger partial charge in [-0.15, -0.1) is 0 Å². The number of hydrogen-bond donors (Lipinski definition) is 1. The van der Waals surface area contributed by atoms with Gasteiger partial charge in [-0.2, -0.15) is 0 Å². The van der Waals surface area contributed by atoms with Crippen molar-refractivity contribution in [1.82, 2.24) is 0 Å². The molecule has 2 N–H and O–H groups in total. The molecule has 0 aromatic carbocycles. The van der Waals surface area contributed by atoms with Gasteiger partial charge in [-0.25, -0.2) is 4.99 Å². The summed E-state index contributed by atoms with van der Waals surface area (Å²) in [6.07, 6.45) is 5.00. The highest BCUT2D eigenvalue weighted by molar-refractivity contribution is 5.80. The van der Waals surface area contributed by atoms with Crippen molar-refractivity contribution in [3.05, 3.63) is 11.8 Å². The first-order valence-corrected chi connectivity index (χ1v) is 5.16. The van der Waals surface area contributed by atoms with Crippen LogP contribution >= 0.6 is 0 Å². The van der Waals surface area contributed by atoms with Crippen molar-refractivity contribution in [3.8, 4) is 0 Å². The van der Waals surface area contributed by atoms with E-state index in [0.717, 1.165) is 12.8 Å². The fourth-order valence-electron chi connectivity index (χ4n) is 1.09. The second-order valence-electron chi connectivity index (χ2n) is 3.34. The summed E-state index contributed by atoms with van der Waals surface area (Å²) in [6, 6.07) is 0. The van der Waals surface area contributed by atoms with Gasteiger partial charge in [-0.05, 0) is 24.3 Å². The van der Waals surface area contributed by atoms with Gasteiger partial charge in [0.15, 0.2) is 0 Å². The third kappa shape index (κ3) is 4.71. The van der Waals surface area contributed by atoms with Gasteiger partial charge in [0.05, 0.1) is 5.84 Å². The van der Waals surface area contributed by atoms with Crippen LogP contribution in [0.15, 0.2) is 16.8 Å². The molecule has 0 amide bonds. The molecule has 0 aliphatic carbocycles. The number of allylic oxidation sites excluding steroid dienone is 1. The van der Waals surface area contributed by atoms with Crippen LogP contribution in [0, 0.1) is 5.92 Å². The standard InChI is InChI=1S/C11H22N2/c1-5-9(4)10(6-2)8-13-11(12)7-3/h8-9H,5-7H2,1-4H3,(H2,12,13)/b10-8-. The minimum absolute atomic E-state index is 0.624. The van der Waals surface area contributed by atoms with E-state index in [1.54, 1.807) is 0 Å². The van der Waals surface area contributed by atoms with E-state index in [0.29, 0.717) is 11.8 Å². The molecule has 76 valence electrons. The Hall–Kier alpha value is -0.790. The maximum absolute atomic E-state index is 5.62. The number of aliphatic imine (C=N–C) groups is 1. The minimum atomic E-state index is 0.624. The van der Waals surface area contributed by atoms with Crippen LogP contribution in [0.2, 0.25) is 0 Å². The Kier molecular flexibility index (Phi) is 6.29. The molecule has 2 heteroatoms. The monoisotopic (exact) mass is 182 g/mol. The van der Waals surface area contributed by atoms with E-state index in [9.17, 15) is 0 Å². The van der Waals surface area contributed by atoms with Gasteiger partial charge in [0.1, 0.15) is 0 Å². The van der Waals surface area contributed by atoms with Gasteiger partial charge in [-0.3, -0.25) is 0 Å². The summed E-state index contributed by atoms with van der Waals surface area (Å²) in [5.74, 6) is 1.34. The molecule has 0 aromatic heterocycles. The Labute approximate surface area is 81.9 Å². The molecule has 0 fully saturated rings. The van der Waals surface area contributed by atoms with Gasteiger partial charge in [0.25, 0.3) is 0 Å². The van der Waals surface area contributed by atoms with Crippen molar-refractivity contribution in [2.75, 3.05) is 0 Å². The fourth-order valence-corrected chi connectivity index (χ4v) is 1.09. The van der Waals surface area contributed by atoms with Gasteiger partial charge in [0.2, 0.25) is 0 Å². The number of nitrogens with zero attached hydrogens (tertiary/aromatic N) is 1. The second kappa shape index (κ2) is 6.70. The van der Waals surface area contributed by atoms with Gasteiger partial charge in [-0.1, -0.05) is 27.7 Å². The molecule has 0 bridgehead atoms. The molecule has 1 unspecified atom stereocenters. The molecule has 0 rings (SSSR count). The van der Waals surface area contributed by atoms with E-state index >= 15 is 0 Å². The summed E-state index contributed by atoms with van der Waals surface area (Å²) < 4.78 is 0. The first kappa shape index (κ1) is 12.2. The molecule has 0 aromatic rings. The fraction of sp³-hybridized carbons (Fsp3) is 0.727. The van der Waals surface area contributed by atoms with E-state index in [-0.39, 0.29) is 0 Å². The van der Waals surface area contributed by atoms with E-state index < -0.39 is 0 Å². The molecular weight excluding hydrogens is 160 g/mol. The van der Waals surface area contributed by atoms with E-state index in [4.69, 9.17) is 5.73 Å². The van der Waals surface area contributed by atoms with Crippen molar-refractivity contribution in [3.63, 3.8) is 0 Å². The Balaban J connectivity index is 4.38. The average Bonchev–Trinajstić information content (AvgIpc) is 2.17. The predicted molar refractivity (Wildman–Crippen MR) is 59.7 cm³/mol. The Morgan fingerprint density at radius 1 is 1.31 bits per heavy atom. The lowest BCUT2D eigenvalue weighted by molar-refractivity contribution is 0.631. The number of rotatable bonds is 5. The first-order chi connectivity index (χ1) is 6.15. The first-order valence-electron chi connectivity index (χ1n) is 5.16. The number of amidine groups is 1. The summed E-state index contributed by atoms with van der Waals surface area (Å²) >= 11 is 0. The zero-order valence-corrected chi connectivity index (χ0v) is 9.30. The Morgan fingerprint density at radius 3 is 2.31 bits per heavy atom. The maximum Gasteiger partial charge on any atom is 0.0986 e. The highest BCUT2D eigenvalue weighted by Crippen LogP contribution is 2.17.